The number of aromatic nitrogens is 3. The van der Waals surface area contributed by atoms with E-state index in [0.29, 0.717) is 29.6 Å². The summed E-state index contributed by atoms with van der Waals surface area (Å²) in [4.78, 5) is 37.7. The molecule has 1 saturated heterocycles. The van der Waals surface area contributed by atoms with Crippen LogP contribution in [0.4, 0.5) is 0 Å². The van der Waals surface area contributed by atoms with Gasteiger partial charge in [-0.25, -0.2) is 9.97 Å². The first kappa shape index (κ1) is 21.1. The molecule has 0 atom stereocenters. The predicted molar refractivity (Wildman–Crippen MR) is 130 cm³/mol. The lowest BCUT2D eigenvalue weighted by Crippen LogP contribution is -2.38. The maximum atomic E-state index is 13.3. The number of amides is 1. The summed E-state index contributed by atoms with van der Waals surface area (Å²) in [5.41, 5.74) is 2.92. The lowest BCUT2D eigenvalue weighted by molar-refractivity contribution is 0.0707. The van der Waals surface area contributed by atoms with E-state index in [0.717, 1.165) is 67.9 Å². The summed E-state index contributed by atoms with van der Waals surface area (Å²) >= 11 is 0. The van der Waals surface area contributed by atoms with Gasteiger partial charge >= 0.3 is 0 Å². The number of aryl methyl sites for hydroxylation is 1. The molecule has 7 nitrogen and oxygen atoms in total. The van der Waals surface area contributed by atoms with Crippen LogP contribution in [0.25, 0.3) is 22.0 Å². The van der Waals surface area contributed by atoms with Gasteiger partial charge in [0.05, 0.1) is 10.9 Å². The van der Waals surface area contributed by atoms with E-state index in [9.17, 15) is 9.59 Å². The van der Waals surface area contributed by atoms with Crippen molar-refractivity contribution in [1.82, 2.24) is 19.4 Å². The fraction of sp³-hybridized carbons (Fsp3) is 0.407. The molecule has 2 aromatic carbocycles. The number of fused-ring (bicyclic) bond motifs is 3. The summed E-state index contributed by atoms with van der Waals surface area (Å²) < 4.78 is 7.79. The lowest BCUT2D eigenvalue weighted by Gasteiger charge is -2.30. The van der Waals surface area contributed by atoms with Crippen molar-refractivity contribution in [1.29, 1.82) is 0 Å². The highest BCUT2D eigenvalue weighted by atomic mass is 16.3. The molecule has 0 N–H and O–H groups in total. The van der Waals surface area contributed by atoms with E-state index in [4.69, 9.17) is 9.40 Å². The normalized spacial score (nSPS) is 17.5. The van der Waals surface area contributed by atoms with Crippen LogP contribution in [0, 0.1) is 0 Å². The molecule has 2 aliphatic heterocycles. The third-order valence-electron chi connectivity index (χ3n) is 7.26. The van der Waals surface area contributed by atoms with Crippen LogP contribution in [-0.2, 0) is 13.0 Å². The topological polar surface area (TPSA) is 81.2 Å². The standard InChI is InChI=1S/C27H28N4O3/c32-26(30-15-12-18(13-16-30)25-29-21-7-4-5-8-23(21)34-25)19-10-11-20-22(17-19)28-24-9-3-1-2-6-14-31(24)27(20)33/h4-5,7-8,10-11,17-18H,1-3,6,9,12-16H2. The van der Waals surface area contributed by atoms with E-state index in [1.807, 2.05) is 33.7 Å². The summed E-state index contributed by atoms with van der Waals surface area (Å²) in [5.74, 6) is 1.82. The van der Waals surface area contributed by atoms with Crippen molar-refractivity contribution in [2.24, 2.45) is 0 Å². The molecule has 174 valence electrons. The first-order valence-corrected chi connectivity index (χ1v) is 12.4. The van der Waals surface area contributed by atoms with Gasteiger partial charge in [-0.15, -0.1) is 0 Å². The van der Waals surface area contributed by atoms with E-state index in [1.54, 1.807) is 18.2 Å². The number of likely N-dealkylation sites (tertiary alicyclic amines) is 1. The second-order valence-corrected chi connectivity index (χ2v) is 9.47. The zero-order valence-corrected chi connectivity index (χ0v) is 19.2. The second kappa shape index (κ2) is 8.70. The summed E-state index contributed by atoms with van der Waals surface area (Å²) in [6, 6.07) is 13.1. The number of carbonyl (C=O) groups is 1. The van der Waals surface area contributed by atoms with Gasteiger partial charge in [-0.3, -0.25) is 14.2 Å². The van der Waals surface area contributed by atoms with Crippen molar-refractivity contribution < 1.29 is 9.21 Å². The van der Waals surface area contributed by atoms with Gasteiger partial charge in [0.1, 0.15) is 11.3 Å². The van der Waals surface area contributed by atoms with Gasteiger partial charge in [-0.05, 0) is 56.0 Å². The zero-order valence-electron chi connectivity index (χ0n) is 19.2. The van der Waals surface area contributed by atoms with Gasteiger partial charge in [0.15, 0.2) is 11.5 Å². The van der Waals surface area contributed by atoms with Gasteiger partial charge in [0.2, 0.25) is 0 Å². The van der Waals surface area contributed by atoms with E-state index < -0.39 is 0 Å². The molecule has 0 aliphatic carbocycles. The molecule has 7 heteroatoms. The van der Waals surface area contributed by atoms with Gasteiger partial charge in [-0.1, -0.05) is 25.0 Å². The van der Waals surface area contributed by atoms with Gasteiger partial charge < -0.3 is 9.32 Å². The lowest BCUT2D eigenvalue weighted by atomic mass is 9.96. The maximum Gasteiger partial charge on any atom is 0.261 e. The van der Waals surface area contributed by atoms with Gasteiger partial charge in [0.25, 0.3) is 11.5 Å². The van der Waals surface area contributed by atoms with Crippen molar-refractivity contribution in [3.05, 3.63) is 70.1 Å². The van der Waals surface area contributed by atoms with Crippen LogP contribution >= 0.6 is 0 Å². The molecule has 0 saturated carbocycles. The minimum absolute atomic E-state index is 0.00781. The largest absolute Gasteiger partial charge is 0.440 e. The number of nitrogens with zero attached hydrogens (tertiary/aromatic N) is 4. The summed E-state index contributed by atoms with van der Waals surface area (Å²) in [7, 11) is 0. The Bertz CT molecular complexity index is 1400. The molecular formula is C27H28N4O3. The fourth-order valence-corrected chi connectivity index (χ4v) is 5.30. The molecule has 2 aliphatic rings. The van der Waals surface area contributed by atoms with E-state index in [-0.39, 0.29) is 17.4 Å². The quantitative estimate of drug-likeness (QED) is 0.438. The molecule has 1 amide bonds. The molecule has 6 rings (SSSR count). The van der Waals surface area contributed by atoms with E-state index >= 15 is 0 Å². The monoisotopic (exact) mass is 456 g/mol. The zero-order chi connectivity index (χ0) is 23.1. The van der Waals surface area contributed by atoms with Crippen LogP contribution in [0.1, 0.15) is 66.5 Å². The first-order chi connectivity index (χ1) is 16.7. The Hall–Kier alpha value is -3.48. The summed E-state index contributed by atoms with van der Waals surface area (Å²) in [5, 5.41) is 0.593. The molecule has 0 spiro atoms. The van der Waals surface area contributed by atoms with Crippen molar-refractivity contribution in [2.75, 3.05) is 13.1 Å². The van der Waals surface area contributed by atoms with E-state index in [2.05, 4.69) is 4.98 Å². The van der Waals surface area contributed by atoms with Crippen LogP contribution in [0.2, 0.25) is 0 Å². The van der Waals surface area contributed by atoms with Crippen molar-refractivity contribution in [3.8, 4) is 0 Å². The molecule has 34 heavy (non-hydrogen) atoms. The fourth-order valence-electron chi connectivity index (χ4n) is 5.30. The smallest absolute Gasteiger partial charge is 0.261 e. The minimum atomic E-state index is -0.00781. The average Bonchev–Trinajstić information content (AvgIpc) is 3.29. The number of benzene rings is 2. The third-order valence-corrected chi connectivity index (χ3v) is 7.26. The molecule has 0 unspecified atom stereocenters. The summed E-state index contributed by atoms with van der Waals surface area (Å²) in [6.07, 6.45) is 6.83. The number of rotatable bonds is 2. The highest BCUT2D eigenvalue weighted by molar-refractivity contribution is 5.97. The Morgan fingerprint density at radius 1 is 0.912 bits per heavy atom. The van der Waals surface area contributed by atoms with Crippen LogP contribution in [-0.4, -0.2) is 38.4 Å². The highest BCUT2D eigenvalue weighted by Crippen LogP contribution is 2.30. The molecule has 1 fully saturated rings. The predicted octanol–water partition coefficient (Wildman–Crippen LogP) is 4.67. The Morgan fingerprint density at radius 3 is 2.59 bits per heavy atom. The molecule has 2 aromatic heterocycles. The maximum absolute atomic E-state index is 13.3. The average molecular weight is 457 g/mol. The second-order valence-electron chi connectivity index (χ2n) is 9.47. The molecule has 0 radical (unpaired) electrons. The molecule has 4 heterocycles. The number of hydrogen-bond acceptors (Lipinski definition) is 5. The van der Waals surface area contributed by atoms with Crippen LogP contribution in [0.5, 0.6) is 0 Å². The number of oxazole rings is 1. The van der Waals surface area contributed by atoms with Crippen LogP contribution in [0.3, 0.4) is 0 Å². The molecule has 4 aromatic rings. The number of piperidine rings is 1. The SMILES string of the molecule is O=C(c1ccc2c(=O)n3c(nc2c1)CCCCCC3)N1CCC(c2nc3ccccc3o2)CC1. The van der Waals surface area contributed by atoms with Crippen molar-refractivity contribution in [2.45, 2.75) is 57.4 Å². The number of para-hydroxylation sites is 2. The third kappa shape index (κ3) is 3.79. The Kier molecular flexibility index (Phi) is 5.40. The molecule has 0 bridgehead atoms. The summed E-state index contributed by atoms with van der Waals surface area (Å²) in [6.45, 7) is 2.04. The number of hydrogen-bond donors (Lipinski definition) is 0. The van der Waals surface area contributed by atoms with Crippen LogP contribution in [0.15, 0.2) is 51.7 Å². The van der Waals surface area contributed by atoms with Crippen LogP contribution < -0.4 is 5.56 Å². The van der Waals surface area contributed by atoms with Gasteiger partial charge in [-0.2, -0.15) is 0 Å². The molecular weight excluding hydrogens is 428 g/mol. The number of carbonyl (C=O) groups excluding carboxylic acids is 1. The van der Waals surface area contributed by atoms with Crippen molar-refractivity contribution >= 4 is 27.9 Å². The first-order valence-electron chi connectivity index (χ1n) is 12.4. The minimum Gasteiger partial charge on any atom is -0.440 e. The highest BCUT2D eigenvalue weighted by Gasteiger charge is 2.28. The van der Waals surface area contributed by atoms with Crippen molar-refractivity contribution in [3.63, 3.8) is 0 Å². The Morgan fingerprint density at radius 2 is 1.74 bits per heavy atom. The van der Waals surface area contributed by atoms with E-state index in [1.165, 1.54) is 6.42 Å². The Balaban J connectivity index is 1.21. The Labute approximate surface area is 197 Å². The van der Waals surface area contributed by atoms with Gasteiger partial charge in [0, 0.05) is 37.5 Å².